The molecule has 1 heterocycles. The van der Waals surface area contributed by atoms with E-state index in [-0.39, 0.29) is 11.8 Å². The highest BCUT2D eigenvalue weighted by molar-refractivity contribution is 6.30. The molecule has 136 valence electrons. The molecule has 0 unspecified atom stereocenters. The van der Waals surface area contributed by atoms with E-state index in [0.29, 0.717) is 24.5 Å². The molecule has 4 nitrogen and oxygen atoms in total. The first kappa shape index (κ1) is 18.5. The van der Waals surface area contributed by atoms with Gasteiger partial charge < -0.3 is 9.80 Å². The molecule has 0 N–H and O–H groups in total. The van der Waals surface area contributed by atoms with E-state index in [1.807, 2.05) is 47.4 Å². The van der Waals surface area contributed by atoms with E-state index >= 15 is 0 Å². The van der Waals surface area contributed by atoms with Crippen molar-refractivity contribution in [1.82, 2.24) is 4.90 Å². The van der Waals surface area contributed by atoms with Crippen LogP contribution in [0.25, 0.3) is 0 Å². The summed E-state index contributed by atoms with van der Waals surface area (Å²) in [5.41, 5.74) is 3.35. The van der Waals surface area contributed by atoms with Crippen LogP contribution in [0.15, 0.2) is 48.5 Å². The quantitative estimate of drug-likeness (QED) is 0.777. The molecule has 0 saturated heterocycles. The number of para-hydroxylation sites is 1. The molecule has 26 heavy (non-hydrogen) atoms. The van der Waals surface area contributed by atoms with Gasteiger partial charge in [0.1, 0.15) is 0 Å². The van der Waals surface area contributed by atoms with Crippen LogP contribution in [0.5, 0.6) is 0 Å². The summed E-state index contributed by atoms with van der Waals surface area (Å²) in [5.74, 6) is 0.0706. The molecule has 2 aromatic rings. The normalized spacial score (nSPS) is 12.8. The van der Waals surface area contributed by atoms with Gasteiger partial charge in [0.05, 0.1) is 0 Å². The number of carbonyl (C=O) groups excluding carboxylic acids is 2. The van der Waals surface area contributed by atoms with Gasteiger partial charge in [0.2, 0.25) is 11.8 Å². The molecule has 5 heteroatoms. The third-order valence-corrected chi connectivity index (χ3v) is 5.06. The van der Waals surface area contributed by atoms with Gasteiger partial charge in [-0.1, -0.05) is 41.9 Å². The van der Waals surface area contributed by atoms with Crippen molar-refractivity contribution in [3.8, 4) is 0 Å². The predicted octanol–water partition coefficient (Wildman–Crippen LogP) is 3.71. The monoisotopic (exact) mass is 370 g/mol. The van der Waals surface area contributed by atoms with Gasteiger partial charge in [-0.3, -0.25) is 9.59 Å². The Morgan fingerprint density at radius 1 is 1.08 bits per heavy atom. The van der Waals surface area contributed by atoms with E-state index in [4.69, 9.17) is 11.6 Å². The van der Waals surface area contributed by atoms with Gasteiger partial charge in [-0.05, 0) is 42.2 Å². The highest BCUT2D eigenvalue weighted by Gasteiger charge is 2.24. The van der Waals surface area contributed by atoms with E-state index in [1.54, 1.807) is 11.8 Å². The maximum absolute atomic E-state index is 12.6. The molecule has 0 atom stereocenters. The number of fused-ring (bicyclic) bond motifs is 1. The zero-order valence-electron chi connectivity index (χ0n) is 15.0. The largest absolute Gasteiger partial charge is 0.342 e. The minimum absolute atomic E-state index is 0.00594. The fourth-order valence-electron chi connectivity index (χ4n) is 3.30. The average molecular weight is 371 g/mol. The number of rotatable bonds is 6. The molecule has 1 aliphatic rings. The van der Waals surface area contributed by atoms with Crippen LogP contribution in [0.1, 0.15) is 24.5 Å². The number of hydrogen-bond acceptors (Lipinski definition) is 2. The van der Waals surface area contributed by atoms with E-state index < -0.39 is 0 Å². The van der Waals surface area contributed by atoms with Crippen molar-refractivity contribution in [2.45, 2.75) is 26.2 Å². The Balaban J connectivity index is 1.54. The summed E-state index contributed by atoms with van der Waals surface area (Å²) in [7, 11) is 0. The Hall–Kier alpha value is -2.33. The van der Waals surface area contributed by atoms with Crippen LogP contribution in [0.2, 0.25) is 5.02 Å². The minimum atomic E-state index is -0.00594. The van der Waals surface area contributed by atoms with Crippen LogP contribution < -0.4 is 4.90 Å². The lowest BCUT2D eigenvalue weighted by atomic mass is 10.1. The lowest BCUT2D eigenvalue weighted by Crippen LogP contribution is -2.36. The lowest BCUT2D eigenvalue weighted by molar-refractivity contribution is -0.129. The van der Waals surface area contributed by atoms with Crippen molar-refractivity contribution in [3.63, 3.8) is 0 Å². The van der Waals surface area contributed by atoms with Gasteiger partial charge >= 0.3 is 0 Å². The summed E-state index contributed by atoms with van der Waals surface area (Å²) in [6.07, 6.45) is 1.99. The van der Waals surface area contributed by atoms with Crippen LogP contribution in [0, 0.1) is 0 Å². The third kappa shape index (κ3) is 4.44. The van der Waals surface area contributed by atoms with Crippen molar-refractivity contribution in [1.29, 1.82) is 0 Å². The number of hydrogen-bond donors (Lipinski definition) is 0. The second kappa shape index (κ2) is 8.37. The van der Waals surface area contributed by atoms with Gasteiger partial charge in [-0.25, -0.2) is 0 Å². The average Bonchev–Trinajstić information content (AvgIpc) is 3.07. The summed E-state index contributed by atoms with van der Waals surface area (Å²) in [4.78, 5) is 28.1. The second-order valence-corrected chi connectivity index (χ2v) is 6.99. The molecular formula is C21H23ClN2O2. The van der Waals surface area contributed by atoms with Crippen molar-refractivity contribution in [2.75, 3.05) is 24.5 Å². The highest BCUT2D eigenvalue weighted by atomic mass is 35.5. The van der Waals surface area contributed by atoms with Crippen LogP contribution in [-0.2, 0) is 22.4 Å². The lowest BCUT2D eigenvalue weighted by Gasteiger charge is -2.23. The predicted molar refractivity (Wildman–Crippen MR) is 105 cm³/mol. The number of amides is 2. The molecule has 1 aliphatic heterocycles. The molecule has 3 rings (SSSR count). The molecule has 0 bridgehead atoms. The standard InChI is InChI=1S/C21H23ClN2O2/c1-16(25)23(13-10-17-6-8-19(22)9-7-17)14-12-21(26)24-15-11-18-4-2-3-5-20(18)24/h2-9H,10-15H2,1H3. The fraction of sp³-hybridized carbons (Fsp3) is 0.333. The topological polar surface area (TPSA) is 40.6 Å². The highest BCUT2D eigenvalue weighted by Crippen LogP contribution is 2.27. The Morgan fingerprint density at radius 2 is 1.81 bits per heavy atom. The molecule has 2 aromatic carbocycles. The van der Waals surface area contributed by atoms with Crippen LogP contribution in [-0.4, -0.2) is 36.3 Å². The molecule has 0 radical (unpaired) electrons. The maximum atomic E-state index is 12.6. The molecule has 0 fully saturated rings. The van der Waals surface area contributed by atoms with Gasteiger partial charge in [0, 0.05) is 43.7 Å². The van der Waals surface area contributed by atoms with Gasteiger partial charge in [-0.2, -0.15) is 0 Å². The number of benzene rings is 2. The Bertz CT molecular complexity index is 789. The SMILES string of the molecule is CC(=O)N(CCC(=O)N1CCc2ccccc21)CCc1ccc(Cl)cc1. The van der Waals surface area contributed by atoms with E-state index in [0.717, 1.165) is 30.6 Å². The smallest absolute Gasteiger partial charge is 0.228 e. The summed E-state index contributed by atoms with van der Waals surface area (Å²) in [5, 5.41) is 0.702. The first-order valence-corrected chi connectivity index (χ1v) is 9.30. The van der Waals surface area contributed by atoms with E-state index in [2.05, 4.69) is 6.07 Å². The van der Waals surface area contributed by atoms with Crippen molar-refractivity contribution < 1.29 is 9.59 Å². The zero-order chi connectivity index (χ0) is 18.5. The maximum Gasteiger partial charge on any atom is 0.228 e. The van der Waals surface area contributed by atoms with Gasteiger partial charge in [0.25, 0.3) is 0 Å². The number of halogens is 1. The first-order chi connectivity index (χ1) is 12.5. The van der Waals surface area contributed by atoms with Crippen molar-refractivity contribution in [2.24, 2.45) is 0 Å². The molecule has 2 amide bonds. The van der Waals surface area contributed by atoms with Crippen molar-refractivity contribution in [3.05, 3.63) is 64.7 Å². The number of anilines is 1. The summed E-state index contributed by atoms with van der Waals surface area (Å²) in [6.45, 7) is 3.32. The summed E-state index contributed by atoms with van der Waals surface area (Å²) >= 11 is 5.90. The van der Waals surface area contributed by atoms with Gasteiger partial charge in [0.15, 0.2) is 0 Å². The molecule has 0 aliphatic carbocycles. The number of carbonyl (C=O) groups is 2. The second-order valence-electron chi connectivity index (χ2n) is 6.56. The van der Waals surface area contributed by atoms with Gasteiger partial charge in [-0.15, -0.1) is 0 Å². The van der Waals surface area contributed by atoms with E-state index in [9.17, 15) is 9.59 Å². The Labute approximate surface area is 159 Å². The van der Waals surface area contributed by atoms with Crippen LogP contribution in [0.3, 0.4) is 0 Å². The molecule has 0 aromatic heterocycles. The molecular weight excluding hydrogens is 348 g/mol. The summed E-state index contributed by atoms with van der Waals surface area (Å²) in [6, 6.07) is 15.6. The van der Waals surface area contributed by atoms with E-state index in [1.165, 1.54) is 5.56 Å². The third-order valence-electron chi connectivity index (χ3n) is 4.81. The Kier molecular flexibility index (Phi) is 5.94. The molecule has 0 spiro atoms. The molecule has 0 saturated carbocycles. The first-order valence-electron chi connectivity index (χ1n) is 8.93. The minimum Gasteiger partial charge on any atom is -0.342 e. The fourth-order valence-corrected chi connectivity index (χ4v) is 3.43. The van der Waals surface area contributed by atoms with Crippen LogP contribution >= 0.6 is 11.6 Å². The summed E-state index contributed by atoms with van der Waals surface area (Å²) < 4.78 is 0. The number of nitrogens with zero attached hydrogens (tertiary/aromatic N) is 2. The Morgan fingerprint density at radius 3 is 2.54 bits per heavy atom. The van der Waals surface area contributed by atoms with Crippen LogP contribution in [0.4, 0.5) is 5.69 Å². The zero-order valence-corrected chi connectivity index (χ0v) is 15.7. The van der Waals surface area contributed by atoms with Crippen molar-refractivity contribution >= 4 is 29.1 Å².